The summed E-state index contributed by atoms with van der Waals surface area (Å²) in [6, 6.07) is 0.357. The number of nitrogens with zero attached hydrogens (tertiary/aromatic N) is 2. The lowest BCUT2D eigenvalue weighted by Gasteiger charge is -2.22. The van der Waals surface area contributed by atoms with Crippen molar-refractivity contribution in [2.45, 2.75) is 63.0 Å². The first-order valence-corrected chi connectivity index (χ1v) is 7.01. The van der Waals surface area contributed by atoms with E-state index in [4.69, 9.17) is 15.0 Å². The summed E-state index contributed by atoms with van der Waals surface area (Å²) in [6.07, 6.45) is 7.61. The molecule has 0 bridgehead atoms. The third-order valence-corrected chi connectivity index (χ3v) is 4.04. The maximum absolute atomic E-state index is 5.91. The molecule has 1 saturated carbocycles. The van der Waals surface area contributed by atoms with E-state index in [1.165, 1.54) is 0 Å². The highest BCUT2D eigenvalue weighted by Gasteiger charge is 2.26. The molecule has 0 amide bonds. The highest BCUT2D eigenvalue weighted by atomic mass is 16.5. The van der Waals surface area contributed by atoms with Gasteiger partial charge in [0.25, 0.3) is 0 Å². The molecule has 3 rings (SSSR count). The second-order valence-electron chi connectivity index (χ2n) is 5.50. The van der Waals surface area contributed by atoms with Crippen LogP contribution in [0.2, 0.25) is 0 Å². The highest BCUT2D eigenvalue weighted by molar-refractivity contribution is 4.98. The molecule has 2 N–H and O–H groups in total. The Morgan fingerprint density at radius 3 is 2.72 bits per heavy atom. The van der Waals surface area contributed by atoms with Crippen LogP contribution in [0.1, 0.15) is 56.2 Å². The van der Waals surface area contributed by atoms with E-state index < -0.39 is 0 Å². The van der Waals surface area contributed by atoms with Gasteiger partial charge < -0.3 is 15.0 Å². The first-order valence-electron chi connectivity index (χ1n) is 7.01. The number of rotatable bonds is 3. The highest BCUT2D eigenvalue weighted by Crippen LogP contribution is 2.31. The average Bonchev–Trinajstić information content (AvgIpc) is 3.02. The zero-order valence-electron chi connectivity index (χ0n) is 10.7. The molecular formula is C13H21N3O2. The standard InChI is InChI=1S/C13H21N3O2/c14-10-5-3-9(4-6-10)13-15-12(16-18-13)8-11-2-1-7-17-11/h9-11H,1-8,14H2. The zero-order valence-corrected chi connectivity index (χ0v) is 10.7. The summed E-state index contributed by atoms with van der Waals surface area (Å²) in [5.74, 6) is 2.01. The monoisotopic (exact) mass is 251 g/mol. The molecule has 1 aromatic rings. The minimum absolute atomic E-state index is 0.287. The molecule has 18 heavy (non-hydrogen) atoms. The summed E-state index contributed by atoms with van der Waals surface area (Å²) in [7, 11) is 0. The first kappa shape index (κ1) is 12.1. The van der Waals surface area contributed by atoms with Crippen LogP contribution in [-0.4, -0.2) is 28.9 Å². The van der Waals surface area contributed by atoms with Crippen LogP contribution in [0.3, 0.4) is 0 Å². The molecular weight excluding hydrogens is 230 g/mol. The van der Waals surface area contributed by atoms with Gasteiger partial charge in [-0.05, 0) is 38.5 Å². The van der Waals surface area contributed by atoms with Gasteiger partial charge in [-0.15, -0.1) is 0 Å². The fourth-order valence-corrected chi connectivity index (χ4v) is 2.89. The van der Waals surface area contributed by atoms with Crippen LogP contribution in [0.4, 0.5) is 0 Å². The van der Waals surface area contributed by atoms with E-state index in [-0.39, 0.29) is 6.10 Å². The molecule has 2 fully saturated rings. The summed E-state index contributed by atoms with van der Waals surface area (Å²) in [5, 5.41) is 4.08. The third-order valence-electron chi connectivity index (χ3n) is 4.04. The molecule has 0 spiro atoms. The minimum Gasteiger partial charge on any atom is -0.378 e. The number of nitrogens with two attached hydrogens (primary N) is 1. The summed E-state index contributed by atoms with van der Waals surface area (Å²) in [4.78, 5) is 4.52. The Morgan fingerprint density at radius 2 is 2.00 bits per heavy atom. The van der Waals surface area contributed by atoms with Gasteiger partial charge in [0.2, 0.25) is 5.89 Å². The van der Waals surface area contributed by atoms with Gasteiger partial charge in [-0.2, -0.15) is 4.98 Å². The molecule has 5 heteroatoms. The summed E-state index contributed by atoms with van der Waals surface area (Å²) >= 11 is 0. The van der Waals surface area contributed by atoms with Crippen molar-refractivity contribution >= 4 is 0 Å². The predicted molar refractivity (Wildman–Crippen MR) is 66.2 cm³/mol. The van der Waals surface area contributed by atoms with Crippen molar-refractivity contribution in [3.8, 4) is 0 Å². The Labute approximate surface area is 107 Å². The summed E-state index contributed by atoms with van der Waals surface area (Å²) in [6.45, 7) is 0.871. The van der Waals surface area contributed by atoms with Crippen molar-refractivity contribution in [3.63, 3.8) is 0 Å². The van der Waals surface area contributed by atoms with E-state index >= 15 is 0 Å². The van der Waals surface area contributed by atoms with Gasteiger partial charge in [0.05, 0.1) is 6.10 Å². The third kappa shape index (κ3) is 2.72. The van der Waals surface area contributed by atoms with Crippen LogP contribution < -0.4 is 5.73 Å². The van der Waals surface area contributed by atoms with Crippen LogP contribution >= 0.6 is 0 Å². The van der Waals surface area contributed by atoms with Crippen molar-refractivity contribution in [2.24, 2.45) is 5.73 Å². The maximum atomic E-state index is 5.91. The topological polar surface area (TPSA) is 74.2 Å². The number of ether oxygens (including phenoxy) is 1. The smallest absolute Gasteiger partial charge is 0.229 e. The molecule has 0 radical (unpaired) electrons. The Bertz CT molecular complexity index is 379. The summed E-state index contributed by atoms with van der Waals surface area (Å²) in [5.41, 5.74) is 5.91. The van der Waals surface area contributed by atoms with Crippen LogP contribution in [0.25, 0.3) is 0 Å². The lowest BCUT2D eigenvalue weighted by atomic mass is 9.86. The van der Waals surface area contributed by atoms with Crippen LogP contribution in [0, 0.1) is 0 Å². The number of hydrogen-bond donors (Lipinski definition) is 1. The van der Waals surface area contributed by atoms with Gasteiger partial charge in [-0.1, -0.05) is 5.16 Å². The van der Waals surface area contributed by atoms with E-state index in [0.29, 0.717) is 12.0 Å². The quantitative estimate of drug-likeness (QED) is 0.886. The fraction of sp³-hybridized carbons (Fsp3) is 0.846. The minimum atomic E-state index is 0.287. The molecule has 1 aliphatic heterocycles. The van der Waals surface area contributed by atoms with E-state index in [1.54, 1.807) is 0 Å². The second kappa shape index (κ2) is 5.36. The van der Waals surface area contributed by atoms with E-state index in [9.17, 15) is 0 Å². The lowest BCUT2D eigenvalue weighted by molar-refractivity contribution is 0.109. The molecule has 2 aliphatic rings. The molecule has 1 saturated heterocycles. The zero-order chi connectivity index (χ0) is 12.4. The lowest BCUT2D eigenvalue weighted by Crippen LogP contribution is -2.25. The Morgan fingerprint density at radius 1 is 1.17 bits per heavy atom. The molecule has 100 valence electrons. The second-order valence-corrected chi connectivity index (χ2v) is 5.50. The van der Waals surface area contributed by atoms with Gasteiger partial charge in [-0.25, -0.2) is 0 Å². The Hall–Kier alpha value is -0.940. The maximum Gasteiger partial charge on any atom is 0.229 e. The van der Waals surface area contributed by atoms with Crippen LogP contribution in [0.5, 0.6) is 0 Å². The number of hydrogen-bond acceptors (Lipinski definition) is 5. The first-order chi connectivity index (χ1) is 8.81. The van der Waals surface area contributed by atoms with Gasteiger partial charge >= 0.3 is 0 Å². The van der Waals surface area contributed by atoms with Gasteiger partial charge in [0, 0.05) is 25.0 Å². The summed E-state index contributed by atoms with van der Waals surface area (Å²) < 4.78 is 11.0. The molecule has 5 nitrogen and oxygen atoms in total. The van der Waals surface area contributed by atoms with Crippen molar-refractivity contribution in [1.29, 1.82) is 0 Å². The Kier molecular flexibility index (Phi) is 3.61. The average molecular weight is 251 g/mol. The van der Waals surface area contributed by atoms with Gasteiger partial charge in [-0.3, -0.25) is 0 Å². The molecule has 1 aliphatic carbocycles. The van der Waals surface area contributed by atoms with E-state index in [0.717, 1.165) is 63.3 Å². The van der Waals surface area contributed by atoms with E-state index in [1.807, 2.05) is 0 Å². The van der Waals surface area contributed by atoms with Crippen LogP contribution in [0.15, 0.2) is 4.52 Å². The van der Waals surface area contributed by atoms with Crippen molar-refractivity contribution in [1.82, 2.24) is 10.1 Å². The van der Waals surface area contributed by atoms with Gasteiger partial charge in [0.15, 0.2) is 5.82 Å². The molecule has 1 unspecified atom stereocenters. The molecule has 1 atom stereocenters. The normalized spacial score (nSPS) is 32.8. The predicted octanol–water partition coefficient (Wildman–Crippen LogP) is 1.78. The van der Waals surface area contributed by atoms with Crippen LogP contribution in [-0.2, 0) is 11.2 Å². The van der Waals surface area contributed by atoms with Crippen molar-refractivity contribution < 1.29 is 9.26 Å². The molecule has 0 aromatic carbocycles. The molecule has 2 heterocycles. The van der Waals surface area contributed by atoms with Crippen molar-refractivity contribution in [2.75, 3.05) is 6.61 Å². The largest absolute Gasteiger partial charge is 0.378 e. The van der Waals surface area contributed by atoms with Gasteiger partial charge in [0.1, 0.15) is 0 Å². The fourth-order valence-electron chi connectivity index (χ4n) is 2.89. The number of aromatic nitrogens is 2. The van der Waals surface area contributed by atoms with Crippen molar-refractivity contribution in [3.05, 3.63) is 11.7 Å². The molecule has 1 aromatic heterocycles. The van der Waals surface area contributed by atoms with E-state index in [2.05, 4.69) is 10.1 Å². The SMILES string of the molecule is NC1CCC(c2nc(CC3CCCO3)no2)CC1. The Balaban J connectivity index is 1.58.